The predicted octanol–water partition coefficient (Wildman–Crippen LogP) is 4.05. The molecule has 0 aliphatic rings. The first kappa shape index (κ1) is 16.5. The van der Waals surface area contributed by atoms with Crippen LogP contribution >= 0.6 is 11.6 Å². The second-order valence-corrected chi connectivity index (χ2v) is 6.90. The number of ether oxygens (including phenoxy) is 1. The van der Waals surface area contributed by atoms with Gasteiger partial charge in [-0.05, 0) is 49.4 Å². The summed E-state index contributed by atoms with van der Waals surface area (Å²) < 4.78 is 35.5. The maximum atomic E-state index is 12.5. The molecule has 0 atom stereocenters. The zero-order valence-corrected chi connectivity index (χ0v) is 14.3. The molecule has 5 nitrogen and oxygen atoms in total. The van der Waals surface area contributed by atoms with E-state index in [9.17, 15) is 8.42 Å². The number of pyridine rings is 1. The van der Waals surface area contributed by atoms with E-state index < -0.39 is 10.1 Å². The molecule has 0 unspecified atom stereocenters. The van der Waals surface area contributed by atoms with E-state index in [0.717, 1.165) is 0 Å². The number of hydrogen-bond donors (Lipinski definition) is 0. The summed E-state index contributed by atoms with van der Waals surface area (Å²) in [6.45, 7) is 2.36. The molecular weight excluding hydrogens is 350 g/mol. The minimum atomic E-state index is -3.96. The van der Waals surface area contributed by atoms with Gasteiger partial charge < -0.3 is 8.92 Å². The molecule has 0 aliphatic carbocycles. The number of nitrogens with zero attached hydrogens (tertiary/aromatic N) is 1. The Morgan fingerprint density at radius 1 is 1.08 bits per heavy atom. The van der Waals surface area contributed by atoms with E-state index in [2.05, 4.69) is 4.98 Å². The topological polar surface area (TPSA) is 65.5 Å². The van der Waals surface area contributed by atoms with Crippen molar-refractivity contribution in [3.63, 3.8) is 0 Å². The Labute approximate surface area is 144 Å². The van der Waals surface area contributed by atoms with Crippen LogP contribution in [0.15, 0.2) is 59.6 Å². The molecule has 2 aromatic carbocycles. The fourth-order valence-electron chi connectivity index (χ4n) is 2.20. The van der Waals surface area contributed by atoms with Crippen LogP contribution in [0.3, 0.4) is 0 Å². The Morgan fingerprint density at radius 2 is 1.83 bits per heavy atom. The first-order chi connectivity index (χ1) is 11.5. The predicted molar refractivity (Wildman–Crippen MR) is 92.2 cm³/mol. The highest BCUT2D eigenvalue weighted by Crippen LogP contribution is 2.29. The van der Waals surface area contributed by atoms with Crippen molar-refractivity contribution in [1.29, 1.82) is 0 Å². The second-order valence-electron chi connectivity index (χ2n) is 4.91. The number of aromatic nitrogens is 1. The molecule has 3 aromatic rings. The number of benzene rings is 2. The van der Waals surface area contributed by atoms with Crippen LogP contribution in [-0.4, -0.2) is 20.0 Å². The van der Waals surface area contributed by atoms with E-state index in [0.29, 0.717) is 28.3 Å². The molecule has 3 rings (SSSR count). The first-order valence-corrected chi connectivity index (χ1v) is 9.00. The molecule has 7 heteroatoms. The van der Waals surface area contributed by atoms with Crippen LogP contribution in [0.2, 0.25) is 5.02 Å². The molecule has 0 fully saturated rings. The van der Waals surface area contributed by atoms with E-state index in [1.807, 2.05) is 6.92 Å². The lowest BCUT2D eigenvalue weighted by Crippen LogP contribution is -2.10. The molecule has 124 valence electrons. The van der Waals surface area contributed by atoms with Crippen molar-refractivity contribution >= 4 is 32.6 Å². The lowest BCUT2D eigenvalue weighted by atomic mass is 10.2. The normalized spacial score (nSPS) is 11.4. The van der Waals surface area contributed by atoms with E-state index in [1.54, 1.807) is 30.3 Å². The fourth-order valence-corrected chi connectivity index (χ4v) is 3.32. The molecule has 0 spiro atoms. The zero-order valence-electron chi connectivity index (χ0n) is 12.8. The number of halogens is 1. The van der Waals surface area contributed by atoms with Crippen LogP contribution in [0.1, 0.15) is 6.92 Å². The standard InChI is InChI=1S/C17H14ClNO4S/c1-2-22-13-4-6-14(7-5-13)24(20,21)23-17-9-10-19-16-11-12(18)3-8-15(16)17/h3-11H,2H2,1H3. The maximum absolute atomic E-state index is 12.5. The number of hydrogen-bond acceptors (Lipinski definition) is 5. The molecule has 0 amide bonds. The summed E-state index contributed by atoms with van der Waals surface area (Å²) >= 11 is 5.93. The zero-order chi connectivity index (χ0) is 17.2. The van der Waals surface area contributed by atoms with Gasteiger partial charge in [0.15, 0.2) is 5.75 Å². The van der Waals surface area contributed by atoms with Gasteiger partial charge in [-0.1, -0.05) is 11.6 Å². The quantitative estimate of drug-likeness (QED) is 0.640. The van der Waals surface area contributed by atoms with Gasteiger partial charge in [0.05, 0.1) is 12.1 Å². The molecule has 0 bridgehead atoms. The summed E-state index contributed by atoms with van der Waals surface area (Å²) in [5.41, 5.74) is 0.557. The van der Waals surface area contributed by atoms with Crippen molar-refractivity contribution in [3.8, 4) is 11.5 Å². The summed E-state index contributed by atoms with van der Waals surface area (Å²) in [4.78, 5) is 4.21. The summed E-state index contributed by atoms with van der Waals surface area (Å²) in [6.07, 6.45) is 1.47. The van der Waals surface area contributed by atoms with E-state index in [1.165, 1.54) is 24.4 Å². The molecular formula is C17H14ClNO4S. The summed E-state index contributed by atoms with van der Waals surface area (Å²) in [7, 11) is -3.96. The third-order valence-electron chi connectivity index (χ3n) is 3.29. The Kier molecular flexibility index (Phi) is 4.59. The van der Waals surface area contributed by atoms with Crippen LogP contribution < -0.4 is 8.92 Å². The summed E-state index contributed by atoms with van der Waals surface area (Å²) in [5.74, 6) is 0.797. The fraction of sp³-hybridized carbons (Fsp3) is 0.118. The molecule has 24 heavy (non-hydrogen) atoms. The molecule has 0 saturated carbocycles. The van der Waals surface area contributed by atoms with Gasteiger partial charge >= 0.3 is 10.1 Å². The Hall–Kier alpha value is -2.31. The first-order valence-electron chi connectivity index (χ1n) is 7.21. The second kappa shape index (κ2) is 6.67. The van der Waals surface area contributed by atoms with Crippen molar-refractivity contribution in [2.24, 2.45) is 0 Å². The Morgan fingerprint density at radius 3 is 2.54 bits per heavy atom. The van der Waals surface area contributed by atoms with Crippen molar-refractivity contribution in [3.05, 3.63) is 59.8 Å². The van der Waals surface area contributed by atoms with Gasteiger partial charge in [-0.2, -0.15) is 8.42 Å². The summed E-state index contributed by atoms with van der Waals surface area (Å²) in [5, 5.41) is 1.08. The van der Waals surface area contributed by atoms with Crippen molar-refractivity contribution in [2.45, 2.75) is 11.8 Å². The molecule has 1 heterocycles. The van der Waals surface area contributed by atoms with Crippen LogP contribution in [-0.2, 0) is 10.1 Å². The van der Waals surface area contributed by atoms with Crippen LogP contribution in [0.25, 0.3) is 10.9 Å². The van der Waals surface area contributed by atoms with E-state index in [-0.39, 0.29) is 10.6 Å². The molecule has 1 aromatic heterocycles. The maximum Gasteiger partial charge on any atom is 0.339 e. The molecule has 0 saturated heterocycles. The van der Waals surface area contributed by atoms with Gasteiger partial charge in [-0.3, -0.25) is 4.98 Å². The average Bonchev–Trinajstić information content (AvgIpc) is 2.55. The van der Waals surface area contributed by atoms with Gasteiger partial charge in [0.2, 0.25) is 0 Å². The minimum Gasteiger partial charge on any atom is -0.494 e. The highest BCUT2D eigenvalue weighted by Gasteiger charge is 2.18. The summed E-state index contributed by atoms with van der Waals surface area (Å²) in [6, 6.07) is 12.5. The SMILES string of the molecule is CCOc1ccc(S(=O)(=O)Oc2ccnc3cc(Cl)ccc23)cc1. The largest absolute Gasteiger partial charge is 0.494 e. The van der Waals surface area contributed by atoms with Crippen molar-refractivity contribution in [2.75, 3.05) is 6.61 Å². The van der Waals surface area contributed by atoms with Gasteiger partial charge in [-0.15, -0.1) is 0 Å². The highest BCUT2D eigenvalue weighted by atomic mass is 35.5. The van der Waals surface area contributed by atoms with Crippen LogP contribution in [0.4, 0.5) is 0 Å². The van der Waals surface area contributed by atoms with E-state index >= 15 is 0 Å². The van der Waals surface area contributed by atoms with Gasteiger partial charge in [0, 0.05) is 22.7 Å². The monoisotopic (exact) mass is 363 g/mol. The third kappa shape index (κ3) is 3.44. The number of fused-ring (bicyclic) bond motifs is 1. The lowest BCUT2D eigenvalue weighted by Gasteiger charge is -2.10. The molecule has 0 aliphatic heterocycles. The van der Waals surface area contributed by atoms with Gasteiger partial charge in [0.25, 0.3) is 0 Å². The molecule has 0 radical (unpaired) electrons. The van der Waals surface area contributed by atoms with Crippen LogP contribution in [0, 0.1) is 0 Å². The van der Waals surface area contributed by atoms with Gasteiger partial charge in [0.1, 0.15) is 10.6 Å². The Balaban J connectivity index is 1.95. The van der Waals surface area contributed by atoms with Crippen molar-refractivity contribution < 1.29 is 17.3 Å². The average molecular weight is 364 g/mol. The van der Waals surface area contributed by atoms with E-state index in [4.69, 9.17) is 20.5 Å². The van der Waals surface area contributed by atoms with Crippen molar-refractivity contribution in [1.82, 2.24) is 4.98 Å². The van der Waals surface area contributed by atoms with Crippen LogP contribution in [0.5, 0.6) is 11.5 Å². The molecule has 0 N–H and O–H groups in total. The lowest BCUT2D eigenvalue weighted by molar-refractivity contribution is 0.340. The minimum absolute atomic E-state index is 0.0462. The Bertz CT molecular complexity index is 972. The van der Waals surface area contributed by atoms with Gasteiger partial charge in [-0.25, -0.2) is 0 Å². The smallest absolute Gasteiger partial charge is 0.339 e. The highest BCUT2D eigenvalue weighted by molar-refractivity contribution is 7.87. The number of rotatable bonds is 5. The third-order valence-corrected chi connectivity index (χ3v) is 4.77.